The second-order valence-electron chi connectivity index (χ2n) is 5.60. The standard InChI is InChI=1S/C18H12FN3O3/c19-13-6-4-12(5-7-13)16-10-14(20-25-16)11-21-8-9-22(15-2-1-3-15)18(24)17(21)23/h1,4-10H,2,11H2. The Morgan fingerprint density at radius 1 is 1.16 bits per heavy atom. The summed E-state index contributed by atoms with van der Waals surface area (Å²) in [5.41, 5.74) is 3.44. The van der Waals surface area contributed by atoms with Crippen molar-refractivity contribution in [2.75, 3.05) is 0 Å². The molecule has 7 heteroatoms. The van der Waals surface area contributed by atoms with Crippen LogP contribution in [0.25, 0.3) is 17.0 Å². The molecule has 0 atom stereocenters. The summed E-state index contributed by atoms with van der Waals surface area (Å²) in [5.74, 6) is 0.119. The van der Waals surface area contributed by atoms with Gasteiger partial charge >= 0.3 is 11.1 Å². The molecule has 0 aliphatic heterocycles. The molecule has 0 saturated heterocycles. The first-order chi connectivity index (χ1) is 12.1. The van der Waals surface area contributed by atoms with Crippen molar-refractivity contribution < 1.29 is 8.91 Å². The zero-order chi connectivity index (χ0) is 17.4. The van der Waals surface area contributed by atoms with Gasteiger partial charge in [-0.15, -0.1) is 5.73 Å². The van der Waals surface area contributed by atoms with E-state index >= 15 is 0 Å². The first-order valence-corrected chi connectivity index (χ1v) is 7.60. The lowest BCUT2D eigenvalue weighted by atomic mass is 10.1. The van der Waals surface area contributed by atoms with Crippen LogP contribution in [0.2, 0.25) is 0 Å². The maximum absolute atomic E-state index is 13.0. The first-order valence-electron chi connectivity index (χ1n) is 7.60. The van der Waals surface area contributed by atoms with E-state index in [0.29, 0.717) is 29.1 Å². The molecule has 4 rings (SSSR count). The van der Waals surface area contributed by atoms with Crippen molar-refractivity contribution in [3.05, 3.63) is 86.8 Å². The smallest absolute Gasteiger partial charge is 0.321 e. The lowest BCUT2D eigenvalue weighted by molar-refractivity contribution is 0.420. The van der Waals surface area contributed by atoms with Gasteiger partial charge in [-0.2, -0.15) is 0 Å². The Labute approximate surface area is 140 Å². The van der Waals surface area contributed by atoms with Crippen LogP contribution in [0.1, 0.15) is 12.1 Å². The van der Waals surface area contributed by atoms with Gasteiger partial charge in [0, 0.05) is 30.4 Å². The molecule has 0 spiro atoms. The van der Waals surface area contributed by atoms with Gasteiger partial charge in [-0.25, -0.2) is 4.39 Å². The highest BCUT2D eigenvalue weighted by Crippen LogP contribution is 2.20. The van der Waals surface area contributed by atoms with Crippen LogP contribution in [0.4, 0.5) is 4.39 Å². The Balaban J connectivity index is 1.62. The quantitative estimate of drug-likeness (QED) is 0.541. The Bertz CT molecular complexity index is 1130. The highest BCUT2D eigenvalue weighted by molar-refractivity contribution is 5.57. The molecule has 2 aromatic heterocycles. The highest BCUT2D eigenvalue weighted by atomic mass is 19.1. The Morgan fingerprint density at radius 2 is 1.92 bits per heavy atom. The minimum atomic E-state index is -0.643. The van der Waals surface area contributed by atoms with Gasteiger partial charge in [0.05, 0.1) is 12.2 Å². The monoisotopic (exact) mass is 337 g/mol. The first kappa shape index (κ1) is 15.1. The van der Waals surface area contributed by atoms with Crippen LogP contribution in [0.15, 0.2) is 68.6 Å². The summed E-state index contributed by atoms with van der Waals surface area (Å²) < 4.78 is 20.8. The molecule has 0 bridgehead atoms. The predicted octanol–water partition coefficient (Wildman–Crippen LogP) is 2.25. The van der Waals surface area contributed by atoms with Gasteiger partial charge in [-0.1, -0.05) is 5.16 Å². The summed E-state index contributed by atoms with van der Waals surface area (Å²) in [7, 11) is 0. The number of rotatable bonds is 4. The number of hydrogen-bond donors (Lipinski definition) is 0. The lowest BCUT2D eigenvalue weighted by Crippen LogP contribution is -2.40. The molecular weight excluding hydrogens is 325 g/mol. The third kappa shape index (κ3) is 2.77. The topological polar surface area (TPSA) is 70.0 Å². The van der Waals surface area contributed by atoms with E-state index in [1.165, 1.54) is 27.5 Å². The maximum atomic E-state index is 13.0. The third-order valence-corrected chi connectivity index (χ3v) is 3.93. The van der Waals surface area contributed by atoms with Gasteiger partial charge in [0.2, 0.25) is 0 Å². The Kier molecular flexibility index (Phi) is 3.56. The zero-order valence-corrected chi connectivity index (χ0v) is 13.0. The van der Waals surface area contributed by atoms with Gasteiger partial charge < -0.3 is 9.09 Å². The molecule has 0 N–H and O–H groups in total. The molecule has 0 radical (unpaired) electrons. The average Bonchev–Trinajstić information content (AvgIpc) is 3.02. The Morgan fingerprint density at radius 3 is 2.60 bits per heavy atom. The molecule has 0 unspecified atom stereocenters. The molecule has 25 heavy (non-hydrogen) atoms. The average molecular weight is 337 g/mol. The molecule has 6 nitrogen and oxygen atoms in total. The molecule has 1 aliphatic carbocycles. The predicted molar refractivity (Wildman–Crippen MR) is 88.4 cm³/mol. The molecule has 124 valence electrons. The van der Waals surface area contributed by atoms with Gasteiger partial charge in [-0.05, 0) is 30.3 Å². The van der Waals surface area contributed by atoms with Crippen LogP contribution in [0.5, 0.6) is 0 Å². The van der Waals surface area contributed by atoms with E-state index in [4.69, 9.17) is 4.52 Å². The summed E-state index contributed by atoms with van der Waals surface area (Å²) in [6.45, 7) is 0.106. The van der Waals surface area contributed by atoms with Crippen LogP contribution in [0, 0.1) is 5.82 Å². The van der Waals surface area contributed by atoms with Gasteiger partial charge in [0.15, 0.2) is 5.76 Å². The van der Waals surface area contributed by atoms with Crippen molar-refractivity contribution in [1.29, 1.82) is 0 Å². The summed E-state index contributed by atoms with van der Waals surface area (Å²) >= 11 is 0. The number of allylic oxidation sites excluding steroid dienone is 1. The normalized spacial score (nSPS) is 12.8. The molecule has 0 fully saturated rings. The van der Waals surface area contributed by atoms with Crippen molar-refractivity contribution in [3.63, 3.8) is 0 Å². The second-order valence-corrected chi connectivity index (χ2v) is 5.60. The molecule has 3 aromatic rings. The molecule has 0 amide bonds. The van der Waals surface area contributed by atoms with Crippen molar-refractivity contribution in [1.82, 2.24) is 14.3 Å². The minimum Gasteiger partial charge on any atom is -0.356 e. The van der Waals surface area contributed by atoms with E-state index in [1.54, 1.807) is 30.5 Å². The van der Waals surface area contributed by atoms with Gasteiger partial charge in [-0.3, -0.25) is 14.2 Å². The van der Waals surface area contributed by atoms with E-state index in [9.17, 15) is 14.0 Å². The number of hydrogen-bond acceptors (Lipinski definition) is 4. The van der Waals surface area contributed by atoms with Gasteiger partial charge in [0.1, 0.15) is 11.5 Å². The highest BCUT2D eigenvalue weighted by Gasteiger charge is 2.13. The third-order valence-electron chi connectivity index (χ3n) is 3.93. The van der Waals surface area contributed by atoms with E-state index in [-0.39, 0.29) is 12.4 Å². The molecule has 2 heterocycles. The van der Waals surface area contributed by atoms with Crippen LogP contribution in [-0.4, -0.2) is 14.3 Å². The number of benzene rings is 1. The molecule has 1 aromatic carbocycles. The molecule has 0 saturated carbocycles. The van der Waals surface area contributed by atoms with Crippen molar-refractivity contribution in [2.45, 2.75) is 13.0 Å². The summed E-state index contributed by atoms with van der Waals surface area (Å²) in [5, 5.41) is 3.91. The minimum absolute atomic E-state index is 0.106. The van der Waals surface area contributed by atoms with E-state index in [2.05, 4.69) is 10.9 Å². The van der Waals surface area contributed by atoms with E-state index in [1.807, 2.05) is 0 Å². The Hall–Kier alpha value is -3.44. The van der Waals surface area contributed by atoms with E-state index < -0.39 is 11.1 Å². The molecule has 1 aliphatic rings. The number of halogens is 1. The number of nitrogens with zero attached hydrogens (tertiary/aromatic N) is 3. The van der Waals surface area contributed by atoms with Crippen molar-refractivity contribution >= 4 is 5.70 Å². The molecular formula is C18H12FN3O3. The lowest BCUT2D eigenvalue weighted by Gasteiger charge is -2.11. The largest absolute Gasteiger partial charge is 0.356 e. The van der Waals surface area contributed by atoms with Crippen LogP contribution < -0.4 is 11.1 Å². The maximum Gasteiger partial charge on any atom is 0.321 e. The fourth-order valence-electron chi connectivity index (χ4n) is 2.52. The SMILES string of the molecule is O=c1c(=O)n(C2=C=CC2)ccn1Cc1cc(-c2ccc(F)cc2)on1. The summed E-state index contributed by atoms with van der Waals surface area (Å²) in [6.07, 6.45) is 5.48. The van der Waals surface area contributed by atoms with Gasteiger partial charge in [0.25, 0.3) is 0 Å². The van der Waals surface area contributed by atoms with Crippen molar-refractivity contribution in [3.8, 4) is 11.3 Å². The van der Waals surface area contributed by atoms with Crippen molar-refractivity contribution in [2.24, 2.45) is 0 Å². The second kappa shape index (κ2) is 5.89. The summed E-state index contributed by atoms with van der Waals surface area (Å²) in [4.78, 5) is 24.4. The number of aromatic nitrogens is 3. The fraction of sp³-hybridized carbons (Fsp3) is 0.111. The van der Waals surface area contributed by atoms with Crippen LogP contribution in [0.3, 0.4) is 0 Å². The van der Waals surface area contributed by atoms with Crippen LogP contribution >= 0.6 is 0 Å². The zero-order valence-electron chi connectivity index (χ0n) is 13.0. The fourth-order valence-corrected chi connectivity index (χ4v) is 2.52. The van der Waals surface area contributed by atoms with Crippen LogP contribution in [-0.2, 0) is 6.54 Å². The van der Waals surface area contributed by atoms with E-state index in [0.717, 1.165) is 0 Å². The summed E-state index contributed by atoms with van der Waals surface area (Å²) in [6, 6.07) is 7.46.